The van der Waals surface area contributed by atoms with Gasteiger partial charge in [-0.3, -0.25) is 43.3 Å². The van der Waals surface area contributed by atoms with Crippen molar-refractivity contribution in [2.75, 3.05) is 19.6 Å². The van der Waals surface area contributed by atoms with E-state index >= 15 is 0 Å². The Morgan fingerprint density at radius 2 is 1.12 bits per heavy atom. The van der Waals surface area contributed by atoms with Crippen molar-refractivity contribution in [3.05, 3.63) is 0 Å². The maximum atomic E-state index is 13.1. The minimum atomic E-state index is -1.73. The van der Waals surface area contributed by atoms with Crippen LogP contribution in [-0.4, -0.2) is 148 Å². The van der Waals surface area contributed by atoms with Gasteiger partial charge in [-0.1, -0.05) is 34.1 Å². The third kappa shape index (κ3) is 21.6. The summed E-state index contributed by atoms with van der Waals surface area (Å²) in [6, 6.07) is -8.45. The second-order valence-electron chi connectivity index (χ2n) is 14.5. The van der Waals surface area contributed by atoms with Gasteiger partial charge in [0, 0.05) is 13.0 Å². The van der Waals surface area contributed by atoms with Gasteiger partial charge < -0.3 is 74.8 Å². The van der Waals surface area contributed by atoms with Crippen LogP contribution in [0.2, 0.25) is 0 Å². The topological polar surface area (TPSA) is 409 Å². The number of hydrogen-bond acceptors (Lipinski definition) is 13. The van der Waals surface area contributed by atoms with Gasteiger partial charge in [0.05, 0.1) is 31.3 Å². The molecule has 0 aliphatic carbocycles. The zero-order valence-electron chi connectivity index (χ0n) is 34.3. The molecule has 7 amide bonds. The number of hydrogen-bond donors (Lipinski definition) is 14. The molecule has 336 valence electrons. The molecular formula is C35H63N11O13. The van der Waals surface area contributed by atoms with E-state index in [0.717, 1.165) is 13.8 Å². The van der Waals surface area contributed by atoms with Gasteiger partial charge in [-0.25, -0.2) is 4.79 Å². The summed E-state index contributed by atoms with van der Waals surface area (Å²) < 4.78 is 0. The molecule has 0 rings (SSSR count). The fourth-order valence-corrected chi connectivity index (χ4v) is 5.15. The average molecular weight is 846 g/mol. The van der Waals surface area contributed by atoms with Crippen molar-refractivity contribution in [2.45, 2.75) is 129 Å². The number of nitrogens with zero attached hydrogens (tertiary/aromatic N) is 1. The first-order chi connectivity index (χ1) is 27.4. The zero-order valence-corrected chi connectivity index (χ0v) is 34.3. The smallest absolute Gasteiger partial charge is 0.326 e. The molecule has 17 N–H and O–H groups in total. The van der Waals surface area contributed by atoms with Crippen molar-refractivity contribution in [2.24, 2.45) is 34.0 Å². The Balaban J connectivity index is 5.55. The molecule has 0 aliphatic heterocycles. The Hall–Kier alpha value is -5.62. The number of guanidine groups is 1. The van der Waals surface area contributed by atoms with E-state index in [0.29, 0.717) is 6.42 Å². The van der Waals surface area contributed by atoms with Gasteiger partial charge >= 0.3 is 11.9 Å². The number of carbonyl (C=O) groups excluding carboxylic acids is 7. The summed E-state index contributed by atoms with van der Waals surface area (Å²) in [5.41, 5.74) is 16.4. The van der Waals surface area contributed by atoms with Crippen LogP contribution in [0, 0.1) is 11.8 Å². The van der Waals surface area contributed by atoms with Crippen LogP contribution in [0.4, 0.5) is 0 Å². The van der Waals surface area contributed by atoms with E-state index in [4.69, 9.17) is 22.3 Å². The van der Waals surface area contributed by atoms with Crippen LogP contribution in [-0.2, 0) is 43.2 Å². The Kier molecular flexibility index (Phi) is 24.6. The van der Waals surface area contributed by atoms with Crippen LogP contribution in [0.25, 0.3) is 0 Å². The lowest BCUT2D eigenvalue weighted by Gasteiger charge is -2.27. The highest BCUT2D eigenvalue weighted by Crippen LogP contribution is 2.08. The lowest BCUT2D eigenvalue weighted by molar-refractivity contribution is -0.143. The fraction of sp³-hybridized carbons (Fsp3) is 0.714. The summed E-state index contributed by atoms with van der Waals surface area (Å²) in [6.45, 7) is 7.92. The summed E-state index contributed by atoms with van der Waals surface area (Å²) in [5, 5.41) is 55.2. The molecule has 59 heavy (non-hydrogen) atoms. The summed E-state index contributed by atoms with van der Waals surface area (Å²) in [5.74, 6) is -9.72. The highest BCUT2D eigenvalue weighted by atomic mass is 16.4. The second-order valence-corrected chi connectivity index (χ2v) is 14.5. The monoisotopic (exact) mass is 845 g/mol. The molecule has 0 spiro atoms. The number of carboxylic acids is 2. The lowest BCUT2D eigenvalue weighted by atomic mass is 9.98. The van der Waals surface area contributed by atoms with E-state index in [-0.39, 0.29) is 50.0 Å². The van der Waals surface area contributed by atoms with Gasteiger partial charge in [0.1, 0.15) is 30.2 Å². The Morgan fingerprint density at radius 3 is 1.59 bits per heavy atom. The highest BCUT2D eigenvalue weighted by molar-refractivity contribution is 5.96. The van der Waals surface area contributed by atoms with Crippen molar-refractivity contribution < 1.29 is 63.6 Å². The molecule has 0 saturated heterocycles. The van der Waals surface area contributed by atoms with Gasteiger partial charge in [-0.2, -0.15) is 0 Å². The molecule has 24 nitrogen and oxygen atoms in total. The van der Waals surface area contributed by atoms with Gasteiger partial charge in [0.25, 0.3) is 0 Å². The van der Waals surface area contributed by atoms with E-state index < -0.39 is 121 Å². The zero-order chi connectivity index (χ0) is 45.6. The van der Waals surface area contributed by atoms with Crippen LogP contribution in [0.3, 0.4) is 0 Å². The Morgan fingerprint density at radius 1 is 0.627 bits per heavy atom. The normalized spacial score (nSPS) is 15.6. The number of nitrogens with one attached hydrogen (secondary N) is 7. The van der Waals surface area contributed by atoms with Crippen LogP contribution >= 0.6 is 0 Å². The number of carboxylic acid groups (broad SMARTS) is 2. The largest absolute Gasteiger partial charge is 0.481 e. The minimum absolute atomic E-state index is 0.0679. The highest BCUT2D eigenvalue weighted by Gasteiger charge is 2.34. The van der Waals surface area contributed by atoms with Crippen molar-refractivity contribution >= 4 is 59.2 Å². The second kappa shape index (κ2) is 27.1. The first-order valence-corrected chi connectivity index (χ1v) is 19.1. The summed E-state index contributed by atoms with van der Waals surface area (Å²) in [6.07, 6.45) is -3.24. The Bertz CT molecular complexity index is 1490. The minimum Gasteiger partial charge on any atom is -0.481 e. The van der Waals surface area contributed by atoms with Crippen LogP contribution in [0.5, 0.6) is 0 Å². The van der Waals surface area contributed by atoms with Crippen molar-refractivity contribution in [1.82, 2.24) is 37.2 Å². The lowest BCUT2D eigenvalue weighted by Crippen LogP contribution is -2.61. The molecule has 9 atom stereocenters. The first-order valence-electron chi connectivity index (χ1n) is 19.1. The number of rotatable bonds is 28. The van der Waals surface area contributed by atoms with E-state index in [2.05, 4.69) is 42.2 Å². The number of nitrogens with two attached hydrogens (primary N) is 3. The van der Waals surface area contributed by atoms with Crippen molar-refractivity contribution in [3.8, 4) is 0 Å². The SMILES string of the molecule is CC[C@H](C)[C@H](N)C(=O)N[C@@H](CCC(=O)O)C(=O)NCC(=O)N[C@@H](CC(C)C)C(=O)NCC(=O)N[C@H](C(=O)N[C@H](C(=O)N[C@@H](CCCN=C(N)N)C(=O)O)[C@@H](C)O)[C@@H](C)O. The molecule has 0 aliphatic rings. The standard InChI is InChI=1S/C35H63N11O13/c1-7-17(4)26(36)31(55)43-20(10-11-25(51)52)29(53)40-14-23(49)42-22(13-16(2)3)30(54)41-15-24(50)45-27(18(5)47)33(57)46-28(19(6)48)32(56)44-21(34(58)59)9-8-12-39-35(37)38/h16-22,26-28,47-48H,7-15,36H2,1-6H3,(H,40,53)(H,41,54)(H,42,49)(H,43,55)(H,44,56)(H,45,50)(H,46,57)(H,51,52)(H,58,59)(H4,37,38,39)/t17-,18+,19+,20-,21-,22-,26-,27-,28-/m0/s1. The molecule has 0 aromatic carbocycles. The molecule has 0 radical (unpaired) electrons. The van der Waals surface area contributed by atoms with E-state index in [1.807, 2.05) is 6.92 Å². The quantitative estimate of drug-likeness (QED) is 0.0199. The fourth-order valence-electron chi connectivity index (χ4n) is 5.15. The maximum Gasteiger partial charge on any atom is 0.326 e. The Labute approximate surface area is 342 Å². The van der Waals surface area contributed by atoms with Gasteiger partial charge in [-0.05, 0) is 51.4 Å². The maximum absolute atomic E-state index is 13.1. The molecule has 0 heterocycles. The van der Waals surface area contributed by atoms with Crippen LogP contribution in [0.15, 0.2) is 4.99 Å². The van der Waals surface area contributed by atoms with Crippen molar-refractivity contribution in [1.29, 1.82) is 0 Å². The number of aliphatic hydroxyl groups excluding tert-OH is 2. The molecule has 0 aromatic rings. The number of aliphatic hydroxyl groups is 2. The molecule has 0 unspecified atom stereocenters. The molecular weight excluding hydrogens is 782 g/mol. The number of carbonyl (C=O) groups is 9. The molecule has 24 heteroatoms. The molecule has 0 aromatic heterocycles. The van der Waals surface area contributed by atoms with E-state index in [9.17, 15) is 58.5 Å². The molecule has 0 fully saturated rings. The van der Waals surface area contributed by atoms with Gasteiger partial charge in [-0.15, -0.1) is 0 Å². The summed E-state index contributed by atoms with van der Waals surface area (Å²) >= 11 is 0. The summed E-state index contributed by atoms with van der Waals surface area (Å²) in [7, 11) is 0. The number of aliphatic imine (C=N–C) groups is 1. The predicted molar refractivity (Wildman–Crippen MR) is 210 cm³/mol. The van der Waals surface area contributed by atoms with E-state index in [1.165, 1.54) is 0 Å². The molecule has 0 bridgehead atoms. The van der Waals surface area contributed by atoms with Crippen LogP contribution < -0.4 is 54.4 Å². The first kappa shape index (κ1) is 53.4. The number of aliphatic carboxylic acids is 2. The average Bonchev–Trinajstić information content (AvgIpc) is 3.14. The predicted octanol–water partition coefficient (Wildman–Crippen LogP) is -5.17. The van der Waals surface area contributed by atoms with Crippen LogP contribution in [0.1, 0.15) is 80.1 Å². The third-order valence-electron chi connectivity index (χ3n) is 8.75. The van der Waals surface area contributed by atoms with Gasteiger partial charge in [0.2, 0.25) is 41.4 Å². The van der Waals surface area contributed by atoms with E-state index in [1.54, 1.807) is 20.8 Å². The number of amides is 7. The van der Waals surface area contributed by atoms with Crippen molar-refractivity contribution in [3.63, 3.8) is 0 Å². The van der Waals surface area contributed by atoms with Gasteiger partial charge in [0.15, 0.2) is 5.96 Å². The molecule has 0 saturated carbocycles. The summed E-state index contributed by atoms with van der Waals surface area (Å²) in [4.78, 5) is 117. The third-order valence-corrected chi connectivity index (χ3v) is 8.75.